The van der Waals surface area contributed by atoms with Crippen molar-refractivity contribution in [3.05, 3.63) is 35.4 Å². The van der Waals surface area contributed by atoms with E-state index in [9.17, 15) is 4.79 Å². The third-order valence-corrected chi connectivity index (χ3v) is 4.21. The molecule has 1 N–H and O–H groups in total. The molecule has 1 saturated heterocycles. The van der Waals surface area contributed by atoms with Crippen molar-refractivity contribution in [3.8, 4) is 0 Å². The van der Waals surface area contributed by atoms with E-state index in [4.69, 9.17) is 4.74 Å². The van der Waals surface area contributed by atoms with Crippen LogP contribution in [0.25, 0.3) is 0 Å². The number of rotatable bonds is 4. The molecule has 4 heteroatoms. The van der Waals surface area contributed by atoms with Gasteiger partial charge in [-0.2, -0.15) is 0 Å². The van der Waals surface area contributed by atoms with Crippen LogP contribution in [-0.2, 0) is 11.2 Å². The summed E-state index contributed by atoms with van der Waals surface area (Å²) in [5.74, 6) is 0. The number of carbonyl (C=O) groups excluding carboxylic acids is 1. The number of aryl methyl sites for hydroxylation is 1. The Morgan fingerprint density at radius 2 is 2.00 bits per heavy atom. The zero-order chi connectivity index (χ0) is 17.0. The fraction of sp³-hybridized carbons (Fsp3) is 0.632. The molecule has 128 valence electrons. The molecule has 1 aromatic rings. The number of hydrogen-bond donors (Lipinski definition) is 1. The third kappa shape index (κ3) is 5.24. The smallest absolute Gasteiger partial charge is 0.410 e. The number of benzene rings is 1. The van der Waals surface area contributed by atoms with Crippen LogP contribution in [0, 0.1) is 0 Å². The lowest BCUT2D eigenvalue weighted by Crippen LogP contribution is -2.39. The Bertz CT molecular complexity index is 519. The quantitative estimate of drug-likeness (QED) is 0.915. The number of amides is 1. The molecule has 2 unspecified atom stereocenters. The van der Waals surface area contributed by atoms with Crippen molar-refractivity contribution in [1.29, 1.82) is 0 Å². The lowest BCUT2D eigenvalue weighted by atomic mass is 10.0. The summed E-state index contributed by atoms with van der Waals surface area (Å²) >= 11 is 0. The van der Waals surface area contributed by atoms with Crippen molar-refractivity contribution in [2.24, 2.45) is 0 Å². The Balaban J connectivity index is 1.85. The van der Waals surface area contributed by atoms with Crippen LogP contribution in [0.2, 0.25) is 0 Å². The summed E-state index contributed by atoms with van der Waals surface area (Å²) in [6.45, 7) is 11.5. The molecule has 1 heterocycles. The van der Waals surface area contributed by atoms with Crippen molar-refractivity contribution >= 4 is 6.09 Å². The molecule has 1 aliphatic heterocycles. The number of likely N-dealkylation sites (tertiary alicyclic amines) is 1. The van der Waals surface area contributed by atoms with Crippen molar-refractivity contribution in [2.75, 3.05) is 13.1 Å². The molecule has 1 fully saturated rings. The zero-order valence-corrected chi connectivity index (χ0v) is 15.1. The third-order valence-electron chi connectivity index (χ3n) is 4.21. The van der Waals surface area contributed by atoms with E-state index in [-0.39, 0.29) is 12.1 Å². The van der Waals surface area contributed by atoms with Crippen LogP contribution in [0.1, 0.15) is 58.2 Å². The van der Waals surface area contributed by atoms with E-state index < -0.39 is 5.60 Å². The van der Waals surface area contributed by atoms with Crippen LogP contribution >= 0.6 is 0 Å². The second kappa shape index (κ2) is 7.35. The van der Waals surface area contributed by atoms with Crippen LogP contribution in [-0.4, -0.2) is 35.7 Å². The van der Waals surface area contributed by atoms with Gasteiger partial charge in [0.15, 0.2) is 0 Å². The average molecular weight is 318 g/mol. The van der Waals surface area contributed by atoms with Crippen LogP contribution in [0.3, 0.4) is 0 Å². The van der Waals surface area contributed by atoms with Crippen LogP contribution in [0.4, 0.5) is 4.79 Å². The minimum atomic E-state index is -0.434. The Kier molecular flexibility index (Phi) is 5.69. The average Bonchev–Trinajstić information content (AvgIpc) is 2.94. The van der Waals surface area contributed by atoms with Gasteiger partial charge in [-0.1, -0.05) is 31.2 Å². The first-order valence-corrected chi connectivity index (χ1v) is 8.61. The highest BCUT2D eigenvalue weighted by Crippen LogP contribution is 2.19. The number of carbonyl (C=O) groups is 1. The lowest BCUT2D eigenvalue weighted by Gasteiger charge is -2.25. The molecular weight excluding hydrogens is 288 g/mol. The first-order chi connectivity index (χ1) is 10.8. The highest BCUT2D eigenvalue weighted by atomic mass is 16.6. The molecule has 0 aliphatic carbocycles. The minimum absolute atomic E-state index is 0.207. The van der Waals surface area contributed by atoms with E-state index in [0.717, 1.165) is 19.4 Å². The molecule has 4 nitrogen and oxygen atoms in total. The molecule has 23 heavy (non-hydrogen) atoms. The van der Waals surface area contributed by atoms with Gasteiger partial charge in [0.25, 0.3) is 0 Å². The van der Waals surface area contributed by atoms with E-state index in [1.54, 1.807) is 4.90 Å². The monoisotopic (exact) mass is 318 g/mol. The van der Waals surface area contributed by atoms with E-state index in [1.165, 1.54) is 11.1 Å². The summed E-state index contributed by atoms with van der Waals surface area (Å²) in [5.41, 5.74) is 2.22. The van der Waals surface area contributed by atoms with Gasteiger partial charge in [0.1, 0.15) is 5.60 Å². The highest BCUT2D eigenvalue weighted by Gasteiger charge is 2.30. The van der Waals surface area contributed by atoms with Gasteiger partial charge in [0, 0.05) is 25.2 Å². The van der Waals surface area contributed by atoms with Gasteiger partial charge in [-0.3, -0.25) is 0 Å². The first-order valence-electron chi connectivity index (χ1n) is 8.61. The Labute approximate surface area is 140 Å². The number of ether oxygens (including phenoxy) is 1. The van der Waals surface area contributed by atoms with Crippen LogP contribution in [0.15, 0.2) is 24.3 Å². The number of nitrogens with one attached hydrogen (secondary N) is 1. The predicted octanol–water partition coefficient (Wildman–Crippen LogP) is 3.91. The van der Waals surface area contributed by atoms with Crippen molar-refractivity contribution in [2.45, 2.75) is 65.1 Å². The highest BCUT2D eigenvalue weighted by molar-refractivity contribution is 5.68. The normalized spacial score (nSPS) is 19.7. The second-order valence-electron chi connectivity index (χ2n) is 7.40. The molecular formula is C19H30N2O2. The maximum Gasteiger partial charge on any atom is 0.410 e. The van der Waals surface area contributed by atoms with E-state index in [2.05, 4.69) is 43.4 Å². The zero-order valence-electron chi connectivity index (χ0n) is 15.1. The van der Waals surface area contributed by atoms with Crippen LogP contribution < -0.4 is 5.32 Å². The van der Waals surface area contributed by atoms with Gasteiger partial charge >= 0.3 is 6.09 Å². The van der Waals surface area contributed by atoms with E-state index in [0.29, 0.717) is 12.6 Å². The van der Waals surface area contributed by atoms with Gasteiger partial charge < -0.3 is 15.0 Å². The van der Waals surface area contributed by atoms with Gasteiger partial charge in [0.05, 0.1) is 0 Å². The SMILES string of the molecule is CCc1ccc(C(C)NC2CCN(C(=O)OC(C)(C)C)C2)cc1. The van der Waals surface area contributed by atoms with Crippen LogP contribution in [0.5, 0.6) is 0 Å². The fourth-order valence-corrected chi connectivity index (χ4v) is 2.88. The molecule has 2 rings (SSSR count). The standard InChI is InChI=1S/C19H30N2O2/c1-6-15-7-9-16(10-8-15)14(2)20-17-11-12-21(13-17)18(22)23-19(3,4)5/h7-10,14,17,20H,6,11-13H2,1-5H3. The predicted molar refractivity (Wildman–Crippen MR) is 93.6 cm³/mol. The molecule has 1 aliphatic rings. The van der Waals surface area contributed by atoms with Gasteiger partial charge in [-0.25, -0.2) is 4.79 Å². The molecule has 1 amide bonds. The van der Waals surface area contributed by atoms with E-state index >= 15 is 0 Å². The summed E-state index contributed by atoms with van der Waals surface area (Å²) in [5, 5.41) is 3.63. The topological polar surface area (TPSA) is 41.6 Å². The van der Waals surface area contributed by atoms with Crippen molar-refractivity contribution in [3.63, 3.8) is 0 Å². The maximum atomic E-state index is 12.1. The van der Waals surface area contributed by atoms with E-state index in [1.807, 2.05) is 20.8 Å². The second-order valence-corrected chi connectivity index (χ2v) is 7.40. The summed E-state index contributed by atoms with van der Waals surface area (Å²) in [6, 6.07) is 9.37. The first kappa shape index (κ1) is 17.8. The summed E-state index contributed by atoms with van der Waals surface area (Å²) < 4.78 is 5.44. The number of hydrogen-bond acceptors (Lipinski definition) is 3. The Hall–Kier alpha value is -1.55. The summed E-state index contributed by atoms with van der Waals surface area (Å²) in [7, 11) is 0. The fourth-order valence-electron chi connectivity index (χ4n) is 2.88. The lowest BCUT2D eigenvalue weighted by molar-refractivity contribution is 0.0290. The maximum absolute atomic E-state index is 12.1. The molecule has 0 radical (unpaired) electrons. The molecule has 2 atom stereocenters. The molecule has 1 aromatic carbocycles. The van der Waals surface area contributed by atoms with Gasteiger partial charge in [-0.15, -0.1) is 0 Å². The molecule has 0 aromatic heterocycles. The van der Waals surface area contributed by atoms with Crippen molar-refractivity contribution in [1.82, 2.24) is 10.2 Å². The molecule has 0 spiro atoms. The van der Waals surface area contributed by atoms with Gasteiger partial charge in [-0.05, 0) is 51.7 Å². The molecule has 0 bridgehead atoms. The van der Waals surface area contributed by atoms with Gasteiger partial charge in [0.2, 0.25) is 0 Å². The number of nitrogens with zero attached hydrogens (tertiary/aromatic N) is 1. The summed E-state index contributed by atoms with van der Waals surface area (Å²) in [6.07, 6.45) is 1.83. The van der Waals surface area contributed by atoms with Crippen molar-refractivity contribution < 1.29 is 9.53 Å². The molecule has 0 saturated carbocycles. The Morgan fingerprint density at radius 3 is 2.57 bits per heavy atom. The Morgan fingerprint density at radius 1 is 1.35 bits per heavy atom. The largest absolute Gasteiger partial charge is 0.444 e. The minimum Gasteiger partial charge on any atom is -0.444 e. The summed E-state index contributed by atoms with van der Waals surface area (Å²) in [4.78, 5) is 13.9.